The molecule has 0 aliphatic carbocycles. The van der Waals surface area contributed by atoms with E-state index in [1.165, 1.54) is 0 Å². The van der Waals surface area contributed by atoms with Gasteiger partial charge in [-0.15, -0.1) is 0 Å². The average Bonchev–Trinajstić information content (AvgIpc) is 2.73. The third kappa shape index (κ3) is 2.10. The molecule has 1 aromatic heterocycles. The first-order valence-electron chi connectivity index (χ1n) is 6.03. The molecule has 0 spiro atoms. The molecule has 5 nitrogen and oxygen atoms in total. The zero-order chi connectivity index (χ0) is 14.0. The molecular formula is C14H19NO4. The molecule has 104 valence electrons. The molecule has 1 aromatic carbocycles. The predicted molar refractivity (Wildman–Crippen MR) is 73.4 cm³/mol. The highest BCUT2D eigenvalue weighted by Crippen LogP contribution is 2.46. The van der Waals surface area contributed by atoms with Gasteiger partial charge in [-0.2, -0.15) is 0 Å². The SMILES string of the molecule is CNCc1oc2cc(OC)c(OC)c(OC)c2c1C. The average molecular weight is 265 g/mol. The molecule has 0 aliphatic rings. The lowest BCUT2D eigenvalue weighted by Crippen LogP contribution is -2.04. The van der Waals surface area contributed by atoms with E-state index in [1.54, 1.807) is 21.3 Å². The topological polar surface area (TPSA) is 52.9 Å². The molecule has 0 atom stereocenters. The molecule has 0 amide bonds. The summed E-state index contributed by atoms with van der Waals surface area (Å²) in [7, 11) is 6.68. The maximum atomic E-state index is 5.85. The molecule has 0 bridgehead atoms. The van der Waals surface area contributed by atoms with Crippen molar-refractivity contribution >= 4 is 11.0 Å². The Morgan fingerprint density at radius 1 is 1.11 bits per heavy atom. The predicted octanol–water partition coefficient (Wildman–Crippen LogP) is 2.49. The van der Waals surface area contributed by atoms with Gasteiger partial charge in [-0.3, -0.25) is 0 Å². The molecule has 0 unspecified atom stereocenters. The van der Waals surface area contributed by atoms with E-state index < -0.39 is 0 Å². The summed E-state index contributed by atoms with van der Waals surface area (Å²) in [6.07, 6.45) is 0. The third-order valence-corrected chi connectivity index (χ3v) is 3.16. The van der Waals surface area contributed by atoms with Gasteiger partial charge in [0, 0.05) is 11.6 Å². The van der Waals surface area contributed by atoms with Gasteiger partial charge < -0.3 is 23.9 Å². The second kappa shape index (κ2) is 5.40. The van der Waals surface area contributed by atoms with Crippen molar-refractivity contribution in [3.8, 4) is 17.2 Å². The Morgan fingerprint density at radius 3 is 2.32 bits per heavy atom. The highest BCUT2D eigenvalue weighted by atomic mass is 16.5. The van der Waals surface area contributed by atoms with Crippen molar-refractivity contribution in [2.24, 2.45) is 0 Å². The van der Waals surface area contributed by atoms with Crippen LogP contribution in [0.1, 0.15) is 11.3 Å². The summed E-state index contributed by atoms with van der Waals surface area (Å²) in [4.78, 5) is 0. The second-order valence-corrected chi connectivity index (χ2v) is 4.20. The van der Waals surface area contributed by atoms with E-state index in [0.717, 1.165) is 22.3 Å². The summed E-state index contributed by atoms with van der Waals surface area (Å²) in [5, 5.41) is 4.01. The number of fused-ring (bicyclic) bond motifs is 1. The second-order valence-electron chi connectivity index (χ2n) is 4.20. The van der Waals surface area contributed by atoms with E-state index >= 15 is 0 Å². The van der Waals surface area contributed by atoms with Crippen molar-refractivity contribution in [3.05, 3.63) is 17.4 Å². The quantitative estimate of drug-likeness (QED) is 0.900. The van der Waals surface area contributed by atoms with Gasteiger partial charge in [0.1, 0.15) is 11.3 Å². The van der Waals surface area contributed by atoms with Gasteiger partial charge in [0.05, 0.1) is 33.3 Å². The monoisotopic (exact) mass is 265 g/mol. The first-order valence-corrected chi connectivity index (χ1v) is 6.03. The lowest BCUT2D eigenvalue weighted by atomic mass is 10.1. The molecule has 2 rings (SSSR count). The Bertz CT molecular complexity index is 589. The van der Waals surface area contributed by atoms with Crippen LogP contribution < -0.4 is 19.5 Å². The summed E-state index contributed by atoms with van der Waals surface area (Å²) in [5.41, 5.74) is 1.78. The summed E-state index contributed by atoms with van der Waals surface area (Å²) in [6, 6.07) is 1.82. The van der Waals surface area contributed by atoms with Crippen LogP contribution in [0.2, 0.25) is 0 Å². The number of methoxy groups -OCH3 is 3. The van der Waals surface area contributed by atoms with Gasteiger partial charge in [0.15, 0.2) is 11.5 Å². The Hall–Kier alpha value is -1.88. The number of aryl methyl sites for hydroxylation is 1. The molecule has 1 heterocycles. The number of ether oxygens (including phenoxy) is 3. The number of furan rings is 1. The van der Waals surface area contributed by atoms with Crippen molar-refractivity contribution in [1.82, 2.24) is 5.32 Å². The van der Waals surface area contributed by atoms with Crippen LogP contribution in [-0.2, 0) is 6.54 Å². The number of hydrogen-bond acceptors (Lipinski definition) is 5. The minimum Gasteiger partial charge on any atom is -0.493 e. The summed E-state index contributed by atoms with van der Waals surface area (Å²) in [6.45, 7) is 2.67. The number of nitrogens with one attached hydrogen (secondary N) is 1. The number of rotatable bonds is 5. The number of benzene rings is 1. The lowest BCUT2D eigenvalue weighted by Gasteiger charge is -2.12. The van der Waals surface area contributed by atoms with Crippen molar-refractivity contribution in [3.63, 3.8) is 0 Å². The molecule has 5 heteroatoms. The maximum absolute atomic E-state index is 5.85. The van der Waals surface area contributed by atoms with Crippen LogP contribution in [0.3, 0.4) is 0 Å². The lowest BCUT2D eigenvalue weighted by molar-refractivity contribution is 0.326. The molecule has 1 N–H and O–H groups in total. The minimum absolute atomic E-state index is 0.581. The van der Waals surface area contributed by atoms with Gasteiger partial charge >= 0.3 is 0 Å². The van der Waals surface area contributed by atoms with Gasteiger partial charge in [-0.1, -0.05) is 0 Å². The van der Waals surface area contributed by atoms with Gasteiger partial charge in [-0.05, 0) is 14.0 Å². The fourth-order valence-electron chi connectivity index (χ4n) is 2.25. The summed E-state index contributed by atoms with van der Waals surface area (Å²) in [5.74, 6) is 2.69. The van der Waals surface area contributed by atoms with E-state index in [0.29, 0.717) is 23.8 Å². The fourth-order valence-corrected chi connectivity index (χ4v) is 2.25. The maximum Gasteiger partial charge on any atom is 0.204 e. The molecule has 0 saturated carbocycles. The van der Waals surface area contributed by atoms with Crippen LogP contribution in [0, 0.1) is 6.92 Å². The van der Waals surface area contributed by atoms with Crippen molar-refractivity contribution in [2.75, 3.05) is 28.4 Å². The number of hydrogen-bond donors (Lipinski definition) is 1. The van der Waals surface area contributed by atoms with Crippen LogP contribution in [0.25, 0.3) is 11.0 Å². The van der Waals surface area contributed by atoms with Crippen molar-refractivity contribution in [2.45, 2.75) is 13.5 Å². The van der Waals surface area contributed by atoms with Gasteiger partial charge in [0.25, 0.3) is 0 Å². The first-order chi connectivity index (χ1) is 9.17. The van der Waals surface area contributed by atoms with Crippen molar-refractivity contribution in [1.29, 1.82) is 0 Å². The molecular weight excluding hydrogens is 246 g/mol. The van der Waals surface area contributed by atoms with Crippen LogP contribution >= 0.6 is 0 Å². The normalized spacial score (nSPS) is 10.8. The smallest absolute Gasteiger partial charge is 0.204 e. The zero-order valence-corrected chi connectivity index (χ0v) is 11.9. The minimum atomic E-state index is 0.581. The van der Waals surface area contributed by atoms with Crippen LogP contribution in [-0.4, -0.2) is 28.4 Å². The molecule has 0 aliphatic heterocycles. The van der Waals surface area contributed by atoms with Gasteiger partial charge in [-0.25, -0.2) is 0 Å². The molecule has 2 aromatic rings. The Labute approximate surface area is 112 Å². The van der Waals surface area contributed by atoms with E-state index in [-0.39, 0.29) is 0 Å². The van der Waals surface area contributed by atoms with E-state index in [2.05, 4.69) is 5.32 Å². The van der Waals surface area contributed by atoms with Crippen LogP contribution in [0.4, 0.5) is 0 Å². The van der Waals surface area contributed by atoms with Crippen LogP contribution in [0.15, 0.2) is 10.5 Å². The standard InChI is InChI=1S/C14H19NO4/c1-8-11(7-15-2)19-9-6-10(16-3)13(17-4)14(18-5)12(8)9/h6,15H,7H2,1-5H3. The summed E-state index contributed by atoms with van der Waals surface area (Å²) < 4.78 is 22.0. The first kappa shape index (κ1) is 13.5. The Morgan fingerprint density at radius 2 is 1.79 bits per heavy atom. The fraction of sp³-hybridized carbons (Fsp3) is 0.429. The van der Waals surface area contributed by atoms with Gasteiger partial charge in [0.2, 0.25) is 5.75 Å². The molecule has 19 heavy (non-hydrogen) atoms. The zero-order valence-electron chi connectivity index (χ0n) is 11.9. The third-order valence-electron chi connectivity index (χ3n) is 3.16. The molecule has 0 radical (unpaired) electrons. The van der Waals surface area contributed by atoms with Crippen LogP contribution in [0.5, 0.6) is 17.2 Å². The van der Waals surface area contributed by atoms with E-state index in [4.69, 9.17) is 18.6 Å². The molecule has 0 fully saturated rings. The Balaban J connectivity index is 2.78. The highest BCUT2D eigenvalue weighted by Gasteiger charge is 2.22. The van der Waals surface area contributed by atoms with Crippen molar-refractivity contribution < 1.29 is 18.6 Å². The van der Waals surface area contributed by atoms with E-state index in [1.807, 2.05) is 20.0 Å². The largest absolute Gasteiger partial charge is 0.493 e. The van der Waals surface area contributed by atoms with E-state index in [9.17, 15) is 0 Å². The Kier molecular flexibility index (Phi) is 3.85. The molecule has 0 saturated heterocycles. The summed E-state index contributed by atoms with van der Waals surface area (Å²) >= 11 is 0. The highest BCUT2D eigenvalue weighted by molar-refractivity contribution is 5.93.